The Labute approximate surface area is 198 Å². The van der Waals surface area contributed by atoms with Gasteiger partial charge in [0.15, 0.2) is 0 Å². The molecule has 180 valence electrons. The Morgan fingerprint density at radius 3 is 2.50 bits per heavy atom. The van der Waals surface area contributed by atoms with E-state index >= 15 is 0 Å². The van der Waals surface area contributed by atoms with Crippen LogP contribution in [0.15, 0.2) is 66.9 Å². The van der Waals surface area contributed by atoms with Gasteiger partial charge >= 0.3 is 12.2 Å². The highest BCUT2D eigenvalue weighted by Gasteiger charge is 2.30. The predicted molar refractivity (Wildman–Crippen MR) is 126 cm³/mol. The smallest absolute Gasteiger partial charge is 0.416 e. The van der Waals surface area contributed by atoms with Crippen molar-refractivity contribution in [3.05, 3.63) is 83.6 Å². The van der Waals surface area contributed by atoms with Gasteiger partial charge in [0.1, 0.15) is 5.75 Å². The molecule has 1 aliphatic rings. The van der Waals surface area contributed by atoms with Crippen LogP contribution in [-0.2, 0) is 12.6 Å². The number of rotatable bonds is 5. The topological polar surface area (TPSA) is 54.5 Å². The Morgan fingerprint density at radius 2 is 1.85 bits per heavy atom. The number of hydrogen-bond acceptors (Lipinski definition) is 3. The standard InChI is InChI=1S/C26H26F3N3O2.H2/c1-18-5-10-24(30-17-18)34-23-4-2-3-20(16-23)15-19-11-13-32(14-12-19)25(33)31-22-8-6-21(7-9-22)26(27,28)29;/h2-10,16-17,19H,11-15H2,1H3,(H,31,33);1H. The lowest BCUT2D eigenvalue weighted by molar-refractivity contribution is -0.137. The predicted octanol–water partition coefficient (Wildman–Crippen LogP) is 6.93. The highest BCUT2D eigenvalue weighted by molar-refractivity contribution is 5.89. The van der Waals surface area contributed by atoms with Crippen LogP contribution in [0.2, 0.25) is 0 Å². The van der Waals surface area contributed by atoms with Crippen LogP contribution in [0.5, 0.6) is 11.6 Å². The third kappa shape index (κ3) is 6.27. The number of aryl methyl sites for hydroxylation is 1. The first kappa shape index (κ1) is 23.6. The van der Waals surface area contributed by atoms with Crippen LogP contribution < -0.4 is 10.1 Å². The van der Waals surface area contributed by atoms with Crippen LogP contribution in [0.25, 0.3) is 0 Å². The fraction of sp³-hybridized carbons (Fsp3) is 0.308. The Kier molecular flexibility index (Phi) is 7.05. The highest BCUT2D eigenvalue weighted by Crippen LogP contribution is 2.30. The van der Waals surface area contributed by atoms with Gasteiger partial charge in [-0.25, -0.2) is 9.78 Å². The van der Waals surface area contributed by atoms with Crippen molar-refractivity contribution in [3.63, 3.8) is 0 Å². The summed E-state index contributed by atoms with van der Waals surface area (Å²) in [5.41, 5.74) is 1.84. The van der Waals surface area contributed by atoms with Crippen molar-refractivity contribution in [1.82, 2.24) is 9.88 Å². The Bertz CT molecular complexity index is 1110. The number of nitrogens with zero attached hydrogens (tertiary/aromatic N) is 2. The minimum absolute atomic E-state index is 0. The quantitative estimate of drug-likeness (QED) is 0.439. The number of piperidine rings is 1. The van der Waals surface area contributed by atoms with E-state index in [1.54, 1.807) is 11.1 Å². The zero-order valence-electron chi connectivity index (χ0n) is 18.8. The number of hydrogen-bond donors (Lipinski definition) is 1. The number of benzene rings is 2. The van der Waals surface area contributed by atoms with E-state index in [0.29, 0.717) is 30.6 Å². The molecule has 1 aromatic heterocycles. The summed E-state index contributed by atoms with van der Waals surface area (Å²) in [4.78, 5) is 18.5. The number of pyridine rings is 1. The molecule has 2 aromatic carbocycles. The summed E-state index contributed by atoms with van der Waals surface area (Å²) in [6, 6.07) is 15.9. The molecule has 34 heavy (non-hydrogen) atoms. The molecule has 1 fully saturated rings. The molecule has 0 radical (unpaired) electrons. The van der Waals surface area contributed by atoms with Crippen molar-refractivity contribution in [2.24, 2.45) is 5.92 Å². The number of anilines is 1. The number of aromatic nitrogens is 1. The van der Waals surface area contributed by atoms with E-state index in [1.165, 1.54) is 12.1 Å². The van der Waals surface area contributed by atoms with Gasteiger partial charge in [0, 0.05) is 32.5 Å². The van der Waals surface area contributed by atoms with Crippen LogP contribution in [0.3, 0.4) is 0 Å². The average Bonchev–Trinajstić information content (AvgIpc) is 2.81. The molecule has 2 heterocycles. The minimum atomic E-state index is -4.40. The number of likely N-dealkylation sites (tertiary alicyclic amines) is 1. The third-order valence-corrected chi connectivity index (χ3v) is 5.89. The lowest BCUT2D eigenvalue weighted by atomic mass is 9.90. The maximum absolute atomic E-state index is 12.7. The molecule has 0 saturated carbocycles. The molecule has 0 atom stereocenters. The fourth-order valence-corrected chi connectivity index (χ4v) is 3.99. The van der Waals surface area contributed by atoms with Crippen LogP contribution in [0.1, 0.15) is 31.0 Å². The number of carbonyl (C=O) groups excluding carboxylic acids is 1. The van der Waals surface area contributed by atoms with Crippen molar-refractivity contribution in [3.8, 4) is 11.6 Å². The van der Waals surface area contributed by atoms with Crippen molar-refractivity contribution < 1.29 is 24.1 Å². The number of nitrogens with one attached hydrogen (secondary N) is 1. The van der Waals surface area contributed by atoms with Crippen LogP contribution in [0.4, 0.5) is 23.7 Å². The molecule has 0 spiro atoms. The molecular formula is C26H28F3N3O2. The lowest BCUT2D eigenvalue weighted by Crippen LogP contribution is -2.41. The second-order valence-electron chi connectivity index (χ2n) is 8.56. The summed E-state index contributed by atoms with van der Waals surface area (Å²) in [6.45, 7) is 3.17. The Hall–Kier alpha value is -3.55. The molecule has 8 heteroatoms. The van der Waals surface area contributed by atoms with Gasteiger partial charge in [-0.05, 0) is 79.6 Å². The summed E-state index contributed by atoms with van der Waals surface area (Å²) in [6.07, 6.45) is -0.0444. The number of urea groups is 1. The number of alkyl halides is 3. The highest BCUT2D eigenvalue weighted by atomic mass is 19.4. The van der Waals surface area contributed by atoms with Crippen molar-refractivity contribution in [2.45, 2.75) is 32.4 Å². The van der Waals surface area contributed by atoms with Gasteiger partial charge in [0.25, 0.3) is 0 Å². The zero-order valence-corrected chi connectivity index (χ0v) is 18.8. The Morgan fingerprint density at radius 1 is 1.12 bits per heavy atom. The molecule has 3 aromatic rings. The first-order valence-electron chi connectivity index (χ1n) is 11.2. The Balaban J connectivity index is 0.00000342. The van der Waals surface area contributed by atoms with Crippen molar-refractivity contribution in [1.29, 1.82) is 0 Å². The van der Waals surface area contributed by atoms with Crippen molar-refractivity contribution >= 4 is 11.7 Å². The summed E-state index contributed by atoms with van der Waals surface area (Å²) < 4.78 is 43.9. The van der Waals surface area contributed by atoms with E-state index in [9.17, 15) is 18.0 Å². The summed E-state index contributed by atoms with van der Waals surface area (Å²) in [5, 5.41) is 2.69. The molecule has 1 aliphatic heterocycles. The van der Waals surface area contributed by atoms with Crippen LogP contribution in [-0.4, -0.2) is 29.0 Å². The first-order chi connectivity index (χ1) is 16.3. The number of carbonyl (C=O) groups is 1. The van der Waals surface area contributed by atoms with Gasteiger partial charge in [0.05, 0.1) is 5.56 Å². The molecule has 5 nitrogen and oxygen atoms in total. The number of amides is 2. The largest absolute Gasteiger partial charge is 0.439 e. The third-order valence-electron chi connectivity index (χ3n) is 5.89. The molecule has 0 bridgehead atoms. The average molecular weight is 472 g/mol. The van der Waals surface area contributed by atoms with Gasteiger partial charge in [-0.2, -0.15) is 13.2 Å². The maximum atomic E-state index is 12.7. The second-order valence-corrected chi connectivity index (χ2v) is 8.56. The molecule has 2 amide bonds. The molecule has 1 N–H and O–H groups in total. The normalized spacial score (nSPS) is 14.6. The molecule has 0 unspecified atom stereocenters. The summed E-state index contributed by atoms with van der Waals surface area (Å²) >= 11 is 0. The van der Waals surface area contributed by atoms with Gasteiger partial charge in [-0.3, -0.25) is 0 Å². The van der Waals surface area contributed by atoms with Crippen LogP contribution in [0, 0.1) is 12.8 Å². The summed E-state index contributed by atoms with van der Waals surface area (Å²) in [5.74, 6) is 1.72. The second kappa shape index (κ2) is 10.2. The SMILES string of the molecule is Cc1ccc(Oc2cccc(CC3CCN(C(=O)Nc4ccc(C(F)(F)F)cc4)CC3)c2)nc1.[HH]. The van der Waals surface area contributed by atoms with Gasteiger partial charge in [-0.15, -0.1) is 0 Å². The van der Waals surface area contributed by atoms with E-state index in [1.807, 2.05) is 37.3 Å². The number of halogens is 3. The van der Waals surface area contributed by atoms with E-state index in [0.717, 1.165) is 48.3 Å². The monoisotopic (exact) mass is 471 g/mol. The zero-order chi connectivity index (χ0) is 24.1. The van der Waals surface area contributed by atoms with Gasteiger partial charge in [-0.1, -0.05) is 18.2 Å². The minimum Gasteiger partial charge on any atom is -0.439 e. The summed E-state index contributed by atoms with van der Waals surface area (Å²) in [7, 11) is 0. The number of ether oxygens (including phenoxy) is 1. The van der Waals surface area contributed by atoms with E-state index in [4.69, 9.17) is 4.74 Å². The van der Waals surface area contributed by atoms with Gasteiger partial charge in [0.2, 0.25) is 5.88 Å². The molecule has 4 rings (SSSR count). The molecule has 1 saturated heterocycles. The van der Waals surface area contributed by atoms with E-state index < -0.39 is 11.7 Å². The first-order valence-corrected chi connectivity index (χ1v) is 11.2. The fourth-order valence-electron chi connectivity index (χ4n) is 3.99. The van der Waals surface area contributed by atoms with Crippen molar-refractivity contribution in [2.75, 3.05) is 18.4 Å². The maximum Gasteiger partial charge on any atom is 0.416 e. The van der Waals surface area contributed by atoms with Crippen LogP contribution >= 0.6 is 0 Å². The molecular weight excluding hydrogens is 443 g/mol. The van der Waals surface area contributed by atoms with Gasteiger partial charge < -0.3 is 15.0 Å². The van der Waals surface area contributed by atoms with E-state index in [-0.39, 0.29) is 7.46 Å². The lowest BCUT2D eigenvalue weighted by Gasteiger charge is -2.32. The van der Waals surface area contributed by atoms with E-state index in [2.05, 4.69) is 16.4 Å². The molecule has 0 aliphatic carbocycles.